The molecule has 0 aromatic carbocycles. The molecule has 1 aromatic heterocycles. The van der Waals surface area contributed by atoms with Gasteiger partial charge in [0.2, 0.25) is 0 Å². The van der Waals surface area contributed by atoms with E-state index >= 15 is 0 Å². The Kier molecular flexibility index (Phi) is 2.86. The lowest BCUT2D eigenvalue weighted by atomic mass is 10.2. The highest BCUT2D eigenvalue weighted by molar-refractivity contribution is 9.11. The number of thiophene rings is 1. The van der Waals surface area contributed by atoms with E-state index in [1.807, 2.05) is 0 Å². The van der Waals surface area contributed by atoms with Crippen LogP contribution >= 0.6 is 27.3 Å². The van der Waals surface area contributed by atoms with Gasteiger partial charge in [0.25, 0.3) is 0 Å². The molecule has 0 saturated carbocycles. The van der Waals surface area contributed by atoms with Gasteiger partial charge in [0, 0.05) is 10.9 Å². The standard InChI is InChI=1S/C8H5BrOS/c1-2-3-7(10)6-4-8(9)11-5-6/h1,4-5H,3H2. The Bertz CT molecular complexity index is 308. The second kappa shape index (κ2) is 3.70. The number of terminal acetylenes is 1. The average Bonchev–Trinajstić information content (AvgIpc) is 2.36. The lowest BCUT2D eigenvalue weighted by molar-refractivity contribution is 0.0998. The zero-order valence-electron chi connectivity index (χ0n) is 5.63. The van der Waals surface area contributed by atoms with Gasteiger partial charge in [0.05, 0.1) is 10.2 Å². The summed E-state index contributed by atoms with van der Waals surface area (Å²) < 4.78 is 0.956. The van der Waals surface area contributed by atoms with E-state index in [1.54, 1.807) is 11.4 Å². The highest BCUT2D eigenvalue weighted by atomic mass is 79.9. The maximum atomic E-state index is 11.1. The Morgan fingerprint density at radius 1 is 1.82 bits per heavy atom. The summed E-state index contributed by atoms with van der Waals surface area (Å²) in [5.41, 5.74) is 0.694. The SMILES string of the molecule is C#CCC(=O)c1csc(Br)c1. The smallest absolute Gasteiger partial charge is 0.175 e. The molecule has 56 valence electrons. The lowest BCUT2D eigenvalue weighted by Gasteiger charge is -1.87. The summed E-state index contributed by atoms with van der Waals surface area (Å²) in [4.78, 5) is 11.1. The van der Waals surface area contributed by atoms with Crippen molar-refractivity contribution in [2.45, 2.75) is 6.42 Å². The van der Waals surface area contributed by atoms with Crippen molar-refractivity contribution in [2.75, 3.05) is 0 Å². The van der Waals surface area contributed by atoms with E-state index in [4.69, 9.17) is 6.42 Å². The van der Waals surface area contributed by atoms with E-state index in [9.17, 15) is 4.79 Å². The zero-order valence-corrected chi connectivity index (χ0v) is 8.04. The summed E-state index contributed by atoms with van der Waals surface area (Å²) in [5, 5.41) is 1.80. The summed E-state index contributed by atoms with van der Waals surface area (Å²) in [5.74, 6) is 2.32. The molecule has 0 N–H and O–H groups in total. The average molecular weight is 229 g/mol. The van der Waals surface area contributed by atoms with Crippen molar-refractivity contribution in [1.29, 1.82) is 0 Å². The molecule has 0 aliphatic rings. The molecule has 3 heteroatoms. The number of carbonyl (C=O) groups is 1. The molecule has 0 fully saturated rings. The third-order valence-electron chi connectivity index (χ3n) is 1.15. The number of Topliss-reactive ketones (excluding diaryl/α,β-unsaturated/α-hetero) is 1. The first kappa shape index (κ1) is 8.51. The van der Waals surface area contributed by atoms with E-state index in [1.165, 1.54) is 11.3 Å². The van der Waals surface area contributed by atoms with Crippen LogP contribution in [0.1, 0.15) is 16.8 Å². The summed E-state index contributed by atoms with van der Waals surface area (Å²) in [6.45, 7) is 0. The molecule has 0 radical (unpaired) electrons. The normalized spacial score (nSPS) is 9.09. The molecule has 1 heterocycles. The van der Waals surface area contributed by atoms with Crippen LogP contribution in [0.4, 0.5) is 0 Å². The van der Waals surface area contributed by atoms with Crippen molar-refractivity contribution in [1.82, 2.24) is 0 Å². The molecule has 0 aliphatic carbocycles. The number of carbonyl (C=O) groups excluding carboxylic acids is 1. The minimum atomic E-state index is 0.00875. The molecular formula is C8H5BrOS. The van der Waals surface area contributed by atoms with E-state index in [0.29, 0.717) is 5.56 Å². The minimum absolute atomic E-state index is 0.00875. The maximum absolute atomic E-state index is 11.1. The molecule has 0 spiro atoms. The fraction of sp³-hybridized carbons (Fsp3) is 0.125. The van der Waals surface area contributed by atoms with Crippen LogP contribution in [0.25, 0.3) is 0 Å². The number of ketones is 1. The Labute approximate surface area is 77.6 Å². The largest absolute Gasteiger partial charge is 0.293 e. The predicted molar refractivity (Wildman–Crippen MR) is 49.8 cm³/mol. The first-order valence-electron chi connectivity index (χ1n) is 2.94. The molecule has 0 bridgehead atoms. The minimum Gasteiger partial charge on any atom is -0.293 e. The van der Waals surface area contributed by atoms with Crippen molar-refractivity contribution in [2.24, 2.45) is 0 Å². The van der Waals surface area contributed by atoms with Crippen LogP contribution in [0.2, 0.25) is 0 Å². The van der Waals surface area contributed by atoms with Crippen molar-refractivity contribution in [3.8, 4) is 12.3 Å². The lowest BCUT2D eigenvalue weighted by Crippen LogP contribution is -1.93. The second-order valence-corrected chi connectivity index (χ2v) is 4.23. The Hall–Kier alpha value is -0.590. The molecule has 1 nitrogen and oxygen atoms in total. The van der Waals surface area contributed by atoms with Crippen molar-refractivity contribution >= 4 is 33.0 Å². The summed E-state index contributed by atoms with van der Waals surface area (Å²) >= 11 is 4.75. The maximum Gasteiger partial charge on any atom is 0.175 e. The molecule has 0 atom stereocenters. The molecule has 0 saturated heterocycles. The molecule has 0 amide bonds. The molecular weight excluding hydrogens is 224 g/mol. The fourth-order valence-corrected chi connectivity index (χ4v) is 1.81. The highest BCUT2D eigenvalue weighted by Crippen LogP contribution is 2.21. The van der Waals surface area contributed by atoms with Crippen molar-refractivity contribution < 1.29 is 4.79 Å². The van der Waals surface area contributed by atoms with Gasteiger partial charge in [-0.15, -0.1) is 17.8 Å². The molecule has 0 aliphatic heterocycles. The van der Waals surface area contributed by atoms with Gasteiger partial charge in [-0.3, -0.25) is 4.79 Å². The quantitative estimate of drug-likeness (QED) is 0.562. The topological polar surface area (TPSA) is 17.1 Å². The molecule has 0 unspecified atom stereocenters. The third kappa shape index (κ3) is 2.18. The number of rotatable bonds is 2. The highest BCUT2D eigenvalue weighted by Gasteiger charge is 2.05. The van der Waals surface area contributed by atoms with Crippen molar-refractivity contribution in [3.05, 3.63) is 20.8 Å². The van der Waals surface area contributed by atoms with Gasteiger partial charge in [0.1, 0.15) is 0 Å². The van der Waals surface area contributed by atoms with Crippen LogP contribution in [-0.2, 0) is 0 Å². The van der Waals surface area contributed by atoms with Crippen LogP contribution < -0.4 is 0 Å². The summed E-state index contributed by atoms with van der Waals surface area (Å²) in [6.07, 6.45) is 5.18. The molecule has 1 rings (SSSR count). The number of hydrogen-bond donors (Lipinski definition) is 0. The number of halogens is 1. The first-order chi connectivity index (χ1) is 5.24. The van der Waals surface area contributed by atoms with Crippen LogP contribution in [0, 0.1) is 12.3 Å². The van der Waals surface area contributed by atoms with E-state index in [-0.39, 0.29) is 12.2 Å². The third-order valence-corrected chi connectivity index (χ3v) is 2.66. The first-order valence-corrected chi connectivity index (χ1v) is 4.62. The molecule has 11 heavy (non-hydrogen) atoms. The Balaban J connectivity index is 2.78. The molecule has 1 aromatic rings. The van der Waals surface area contributed by atoms with Gasteiger partial charge < -0.3 is 0 Å². The van der Waals surface area contributed by atoms with Gasteiger partial charge in [-0.25, -0.2) is 0 Å². The summed E-state index contributed by atoms with van der Waals surface area (Å²) in [7, 11) is 0. The van der Waals surface area contributed by atoms with Crippen LogP contribution in [0.15, 0.2) is 15.2 Å². The fourth-order valence-electron chi connectivity index (χ4n) is 0.651. The van der Waals surface area contributed by atoms with Gasteiger partial charge in [-0.05, 0) is 22.0 Å². The van der Waals surface area contributed by atoms with Gasteiger partial charge in [-0.1, -0.05) is 5.92 Å². The van der Waals surface area contributed by atoms with E-state index < -0.39 is 0 Å². The summed E-state index contributed by atoms with van der Waals surface area (Å²) in [6, 6.07) is 1.78. The van der Waals surface area contributed by atoms with Gasteiger partial charge >= 0.3 is 0 Å². The second-order valence-electron chi connectivity index (χ2n) is 1.94. The Morgan fingerprint density at radius 2 is 2.55 bits per heavy atom. The van der Waals surface area contributed by atoms with Crippen molar-refractivity contribution in [3.63, 3.8) is 0 Å². The van der Waals surface area contributed by atoms with Crippen LogP contribution in [0.5, 0.6) is 0 Å². The van der Waals surface area contributed by atoms with Gasteiger partial charge in [0.15, 0.2) is 5.78 Å². The van der Waals surface area contributed by atoms with E-state index in [0.717, 1.165) is 3.79 Å². The van der Waals surface area contributed by atoms with E-state index in [2.05, 4.69) is 21.9 Å². The Morgan fingerprint density at radius 3 is 3.00 bits per heavy atom. The van der Waals surface area contributed by atoms with Crippen LogP contribution in [0.3, 0.4) is 0 Å². The zero-order chi connectivity index (χ0) is 8.27. The predicted octanol–water partition coefficient (Wildman–Crippen LogP) is 2.72. The monoisotopic (exact) mass is 228 g/mol. The number of hydrogen-bond acceptors (Lipinski definition) is 2. The van der Waals surface area contributed by atoms with Crippen LogP contribution in [-0.4, -0.2) is 5.78 Å². The van der Waals surface area contributed by atoms with Gasteiger partial charge in [-0.2, -0.15) is 0 Å².